The van der Waals surface area contributed by atoms with E-state index in [1.807, 2.05) is 12.1 Å². The van der Waals surface area contributed by atoms with E-state index >= 15 is 0 Å². The Hall–Kier alpha value is -2.01. The number of halogens is 1. The highest BCUT2D eigenvalue weighted by Crippen LogP contribution is 2.40. The van der Waals surface area contributed by atoms with Crippen molar-refractivity contribution in [2.45, 2.75) is 25.7 Å². The topological polar surface area (TPSA) is 63.8 Å². The lowest BCUT2D eigenvalue weighted by Gasteiger charge is -2.08. The van der Waals surface area contributed by atoms with Gasteiger partial charge in [0.25, 0.3) is 0 Å². The van der Waals surface area contributed by atoms with Crippen molar-refractivity contribution in [2.75, 3.05) is 5.43 Å². The molecular formula is C14H15FN4. The van der Waals surface area contributed by atoms with Gasteiger partial charge in [-0.25, -0.2) is 20.2 Å². The standard InChI is InChI=1S/C14H15FN4/c1-8-2-3-10(6-11(8)15)14-17-12(9-4-5-9)7-13(18-14)19-16/h2-3,6-7,9H,4-5,16H2,1H3,(H,17,18,19). The molecule has 1 aromatic heterocycles. The fourth-order valence-electron chi connectivity index (χ4n) is 1.99. The number of benzene rings is 1. The first-order valence-corrected chi connectivity index (χ1v) is 6.29. The van der Waals surface area contributed by atoms with E-state index in [0.717, 1.165) is 18.5 Å². The van der Waals surface area contributed by atoms with Gasteiger partial charge in [-0.3, -0.25) is 0 Å². The summed E-state index contributed by atoms with van der Waals surface area (Å²) >= 11 is 0. The Bertz CT molecular complexity index is 623. The number of aromatic nitrogens is 2. The first kappa shape index (κ1) is 12.0. The van der Waals surface area contributed by atoms with E-state index in [-0.39, 0.29) is 5.82 Å². The SMILES string of the molecule is Cc1ccc(-c2nc(NN)cc(C3CC3)n2)cc1F. The molecule has 2 aromatic rings. The molecule has 0 radical (unpaired) electrons. The Labute approximate surface area is 110 Å². The molecule has 1 aliphatic rings. The third-order valence-electron chi connectivity index (χ3n) is 3.32. The summed E-state index contributed by atoms with van der Waals surface area (Å²) < 4.78 is 13.6. The first-order chi connectivity index (χ1) is 9.17. The van der Waals surface area contributed by atoms with Crippen molar-refractivity contribution in [3.63, 3.8) is 0 Å². The summed E-state index contributed by atoms with van der Waals surface area (Å²) in [5.41, 5.74) is 4.79. The summed E-state index contributed by atoms with van der Waals surface area (Å²) in [5, 5.41) is 0. The summed E-state index contributed by atoms with van der Waals surface area (Å²) in [6.07, 6.45) is 2.28. The number of rotatable bonds is 3. The van der Waals surface area contributed by atoms with E-state index in [1.165, 1.54) is 6.07 Å². The lowest BCUT2D eigenvalue weighted by Crippen LogP contribution is -2.10. The van der Waals surface area contributed by atoms with E-state index in [2.05, 4.69) is 15.4 Å². The minimum atomic E-state index is -0.250. The molecule has 5 heteroatoms. The van der Waals surface area contributed by atoms with Crippen molar-refractivity contribution < 1.29 is 4.39 Å². The van der Waals surface area contributed by atoms with Crippen LogP contribution in [0.4, 0.5) is 10.2 Å². The zero-order chi connectivity index (χ0) is 13.4. The Balaban J connectivity index is 2.07. The summed E-state index contributed by atoms with van der Waals surface area (Å²) in [6, 6.07) is 6.87. The predicted molar refractivity (Wildman–Crippen MR) is 71.9 cm³/mol. The van der Waals surface area contributed by atoms with E-state index < -0.39 is 0 Å². The number of nitrogens with two attached hydrogens (primary N) is 1. The molecule has 3 rings (SSSR count). The molecule has 0 bridgehead atoms. The van der Waals surface area contributed by atoms with Gasteiger partial charge in [-0.2, -0.15) is 0 Å². The van der Waals surface area contributed by atoms with Crippen LogP contribution in [0.5, 0.6) is 0 Å². The molecule has 1 aliphatic carbocycles. The molecule has 0 atom stereocenters. The Morgan fingerprint density at radius 1 is 1.26 bits per heavy atom. The van der Waals surface area contributed by atoms with Crippen LogP contribution >= 0.6 is 0 Å². The first-order valence-electron chi connectivity index (χ1n) is 6.29. The minimum absolute atomic E-state index is 0.250. The van der Waals surface area contributed by atoms with Crippen molar-refractivity contribution in [1.82, 2.24) is 9.97 Å². The zero-order valence-corrected chi connectivity index (χ0v) is 10.7. The lowest BCUT2D eigenvalue weighted by molar-refractivity contribution is 0.619. The number of hydrazine groups is 1. The molecule has 98 valence electrons. The average molecular weight is 258 g/mol. The lowest BCUT2D eigenvalue weighted by atomic mass is 10.1. The molecular weight excluding hydrogens is 243 g/mol. The van der Waals surface area contributed by atoms with Crippen molar-refractivity contribution in [3.05, 3.63) is 41.3 Å². The molecule has 1 fully saturated rings. The highest BCUT2D eigenvalue weighted by molar-refractivity contribution is 5.58. The van der Waals surface area contributed by atoms with Crippen molar-refractivity contribution in [3.8, 4) is 11.4 Å². The predicted octanol–water partition coefficient (Wildman–Crippen LogP) is 2.75. The maximum absolute atomic E-state index is 13.6. The number of nitrogen functional groups attached to an aromatic ring is 1. The summed E-state index contributed by atoms with van der Waals surface area (Å²) in [5.74, 6) is 6.74. The monoisotopic (exact) mass is 258 g/mol. The van der Waals surface area contributed by atoms with Crippen LogP contribution in [0.2, 0.25) is 0 Å². The molecule has 1 saturated carbocycles. The van der Waals surface area contributed by atoms with Gasteiger partial charge in [-0.05, 0) is 31.4 Å². The molecule has 0 saturated heterocycles. The van der Waals surface area contributed by atoms with Crippen LogP contribution < -0.4 is 11.3 Å². The van der Waals surface area contributed by atoms with E-state index in [9.17, 15) is 4.39 Å². The van der Waals surface area contributed by atoms with E-state index in [4.69, 9.17) is 5.84 Å². The Kier molecular flexibility index (Phi) is 2.91. The molecule has 0 aliphatic heterocycles. The van der Waals surface area contributed by atoms with Gasteiger partial charge in [0.15, 0.2) is 5.82 Å². The van der Waals surface area contributed by atoms with Crippen molar-refractivity contribution >= 4 is 5.82 Å². The van der Waals surface area contributed by atoms with Crippen molar-refractivity contribution in [2.24, 2.45) is 5.84 Å². The van der Waals surface area contributed by atoms with Gasteiger partial charge in [0.2, 0.25) is 0 Å². The Morgan fingerprint density at radius 3 is 2.68 bits per heavy atom. The van der Waals surface area contributed by atoms with Gasteiger partial charge < -0.3 is 5.43 Å². The van der Waals surface area contributed by atoms with Crippen LogP contribution in [0.25, 0.3) is 11.4 Å². The normalized spacial score (nSPS) is 14.5. The van der Waals surface area contributed by atoms with Gasteiger partial charge in [0.05, 0.1) is 0 Å². The van der Waals surface area contributed by atoms with Gasteiger partial charge >= 0.3 is 0 Å². The third kappa shape index (κ3) is 2.42. The molecule has 3 N–H and O–H groups in total. The van der Waals surface area contributed by atoms with Crippen LogP contribution in [-0.2, 0) is 0 Å². The number of aryl methyl sites for hydroxylation is 1. The van der Waals surface area contributed by atoms with E-state index in [0.29, 0.717) is 28.7 Å². The highest BCUT2D eigenvalue weighted by Gasteiger charge is 2.26. The maximum Gasteiger partial charge on any atom is 0.161 e. The molecule has 19 heavy (non-hydrogen) atoms. The molecule has 0 spiro atoms. The van der Waals surface area contributed by atoms with Gasteiger partial charge in [0, 0.05) is 23.2 Å². The number of hydrogen-bond donors (Lipinski definition) is 2. The Morgan fingerprint density at radius 2 is 2.05 bits per heavy atom. The number of hydrogen-bond acceptors (Lipinski definition) is 4. The third-order valence-corrected chi connectivity index (χ3v) is 3.32. The van der Waals surface area contributed by atoms with Crippen LogP contribution in [0, 0.1) is 12.7 Å². The van der Waals surface area contributed by atoms with E-state index in [1.54, 1.807) is 13.0 Å². The van der Waals surface area contributed by atoms with Crippen LogP contribution in [0.15, 0.2) is 24.3 Å². The maximum atomic E-state index is 13.6. The summed E-state index contributed by atoms with van der Waals surface area (Å²) in [4.78, 5) is 8.80. The number of anilines is 1. The largest absolute Gasteiger partial charge is 0.308 e. The number of nitrogens with one attached hydrogen (secondary N) is 1. The smallest absolute Gasteiger partial charge is 0.161 e. The minimum Gasteiger partial charge on any atom is -0.308 e. The molecule has 0 amide bonds. The molecule has 4 nitrogen and oxygen atoms in total. The number of nitrogens with zero attached hydrogens (tertiary/aromatic N) is 2. The average Bonchev–Trinajstić information content (AvgIpc) is 3.26. The van der Waals surface area contributed by atoms with Crippen LogP contribution in [-0.4, -0.2) is 9.97 Å². The second-order valence-corrected chi connectivity index (χ2v) is 4.88. The fraction of sp³-hybridized carbons (Fsp3) is 0.286. The zero-order valence-electron chi connectivity index (χ0n) is 10.7. The highest BCUT2D eigenvalue weighted by atomic mass is 19.1. The second-order valence-electron chi connectivity index (χ2n) is 4.88. The molecule has 1 heterocycles. The fourth-order valence-corrected chi connectivity index (χ4v) is 1.99. The van der Waals surface area contributed by atoms with Crippen LogP contribution in [0.3, 0.4) is 0 Å². The summed E-state index contributed by atoms with van der Waals surface area (Å²) in [7, 11) is 0. The summed E-state index contributed by atoms with van der Waals surface area (Å²) in [6.45, 7) is 1.73. The quantitative estimate of drug-likeness (QED) is 0.656. The van der Waals surface area contributed by atoms with Gasteiger partial charge in [-0.1, -0.05) is 12.1 Å². The molecule has 0 unspecified atom stereocenters. The molecule has 1 aromatic carbocycles. The van der Waals surface area contributed by atoms with Gasteiger partial charge in [-0.15, -0.1) is 0 Å². The van der Waals surface area contributed by atoms with Gasteiger partial charge in [0.1, 0.15) is 11.6 Å². The second kappa shape index (κ2) is 4.59. The van der Waals surface area contributed by atoms with Crippen molar-refractivity contribution in [1.29, 1.82) is 0 Å². The van der Waals surface area contributed by atoms with Crippen LogP contribution in [0.1, 0.15) is 30.0 Å².